The van der Waals surface area contributed by atoms with Crippen molar-refractivity contribution in [3.63, 3.8) is 0 Å². The van der Waals surface area contributed by atoms with Crippen molar-refractivity contribution in [2.45, 2.75) is 27.2 Å². The van der Waals surface area contributed by atoms with Gasteiger partial charge in [-0.25, -0.2) is 0 Å². The molecule has 1 amide bonds. The van der Waals surface area contributed by atoms with Gasteiger partial charge in [-0.15, -0.1) is 11.3 Å². The van der Waals surface area contributed by atoms with E-state index in [-0.39, 0.29) is 5.91 Å². The number of rotatable bonds is 3. The molecule has 0 aliphatic carbocycles. The molecule has 0 atom stereocenters. The summed E-state index contributed by atoms with van der Waals surface area (Å²) < 4.78 is 0. The van der Waals surface area contributed by atoms with Gasteiger partial charge >= 0.3 is 0 Å². The lowest BCUT2D eigenvalue weighted by molar-refractivity contribution is -0.115. The molecule has 0 fully saturated rings. The normalized spacial score (nSPS) is 10.1. The maximum Gasteiger partial charge on any atom is 0.229 e. The SMILES string of the molecule is Cc1cccc(CC(=O)Nc2sc(C)c(C)c2C#N)c1. The first-order chi connectivity index (χ1) is 9.51. The minimum atomic E-state index is -0.0895. The number of nitrogens with zero attached hydrogens (tertiary/aromatic N) is 1. The van der Waals surface area contributed by atoms with Crippen molar-refractivity contribution in [3.05, 3.63) is 51.4 Å². The summed E-state index contributed by atoms with van der Waals surface area (Å²) in [6, 6.07) is 10.0. The average molecular weight is 284 g/mol. The van der Waals surface area contributed by atoms with Gasteiger partial charge in [-0.1, -0.05) is 29.8 Å². The monoisotopic (exact) mass is 284 g/mol. The van der Waals surface area contributed by atoms with E-state index in [4.69, 9.17) is 5.26 Å². The highest BCUT2D eigenvalue weighted by Gasteiger charge is 2.14. The molecule has 0 saturated heterocycles. The molecular formula is C16H16N2OS. The van der Waals surface area contributed by atoms with Gasteiger partial charge < -0.3 is 5.32 Å². The zero-order valence-corrected chi connectivity index (χ0v) is 12.6. The molecular weight excluding hydrogens is 268 g/mol. The second kappa shape index (κ2) is 5.89. The van der Waals surface area contributed by atoms with Crippen LogP contribution in [0.1, 0.15) is 27.1 Å². The summed E-state index contributed by atoms with van der Waals surface area (Å²) >= 11 is 1.45. The number of thiophene rings is 1. The summed E-state index contributed by atoms with van der Waals surface area (Å²) in [6.45, 7) is 5.86. The molecule has 3 nitrogen and oxygen atoms in total. The molecule has 0 aliphatic heterocycles. The van der Waals surface area contributed by atoms with Gasteiger partial charge in [-0.3, -0.25) is 4.79 Å². The van der Waals surface area contributed by atoms with Crippen molar-refractivity contribution >= 4 is 22.2 Å². The van der Waals surface area contributed by atoms with Crippen molar-refractivity contribution < 1.29 is 4.79 Å². The first-order valence-electron chi connectivity index (χ1n) is 6.36. The summed E-state index contributed by atoms with van der Waals surface area (Å²) in [5, 5.41) is 12.7. The number of anilines is 1. The number of nitriles is 1. The smallest absolute Gasteiger partial charge is 0.229 e. The van der Waals surface area contributed by atoms with Gasteiger partial charge in [0.2, 0.25) is 5.91 Å². The topological polar surface area (TPSA) is 52.9 Å². The average Bonchev–Trinajstić information content (AvgIpc) is 2.64. The summed E-state index contributed by atoms with van der Waals surface area (Å²) in [4.78, 5) is 13.1. The minimum Gasteiger partial charge on any atom is -0.316 e. The second-order valence-corrected chi connectivity index (χ2v) is 6.04. The van der Waals surface area contributed by atoms with Crippen LogP contribution in [0.25, 0.3) is 0 Å². The van der Waals surface area contributed by atoms with Gasteiger partial charge in [0, 0.05) is 4.88 Å². The summed E-state index contributed by atoms with van der Waals surface area (Å²) in [5.41, 5.74) is 3.63. The lowest BCUT2D eigenvalue weighted by Crippen LogP contribution is -2.14. The van der Waals surface area contributed by atoms with Gasteiger partial charge in [0.25, 0.3) is 0 Å². The van der Waals surface area contributed by atoms with E-state index in [2.05, 4.69) is 11.4 Å². The Hall–Kier alpha value is -2.12. The van der Waals surface area contributed by atoms with Gasteiger partial charge in [0.05, 0.1) is 12.0 Å². The third-order valence-electron chi connectivity index (χ3n) is 3.20. The van der Waals surface area contributed by atoms with E-state index in [0.29, 0.717) is 17.0 Å². The Balaban J connectivity index is 2.13. The van der Waals surface area contributed by atoms with Crippen LogP contribution in [0.5, 0.6) is 0 Å². The van der Waals surface area contributed by atoms with E-state index < -0.39 is 0 Å². The molecule has 0 radical (unpaired) electrons. The van der Waals surface area contributed by atoms with Gasteiger partial charge in [-0.05, 0) is 31.9 Å². The van der Waals surface area contributed by atoms with E-state index >= 15 is 0 Å². The summed E-state index contributed by atoms with van der Waals surface area (Å²) in [5.74, 6) is -0.0895. The molecule has 1 heterocycles. The molecule has 1 N–H and O–H groups in total. The quantitative estimate of drug-likeness (QED) is 0.933. The van der Waals surface area contributed by atoms with E-state index in [0.717, 1.165) is 21.6 Å². The molecule has 102 valence electrons. The predicted molar refractivity (Wildman–Crippen MR) is 82.0 cm³/mol. The molecule has 0 aliphatic rings. The molecule has 4 heteroatoms. The maximum absolute atomic E-state index is 12.1. The Bertz CT molecular complexity index is 695. The third-order valence-corrected chi connectivity index (χ3v) is 4.32. The molecule has 0 bridgehead atoms. The molecule has 0 spiro atoms. The zero-order valence-electron chi connectivity index (χ0n) is 11.8. The van der Waals surface area contributed by atoms with Crippen molar-refractivity contribution in [3.8, 4) is 6.07 Å². The standard InChI is InChI=1S/C16H16N2OS/c1-10-5-4-6-13(7-10)8-15(19)18-16-14(9-17)11(2)12(3)20-16/h4-7H,8H2,1-3H3,(H,18,19). The Kier molecular flexibility index (Phi) is 4.21. The first kappa shape index (κ1) is 14.3. The van der Waals surface area contributed by atoms with Crippen LogP contribution in [-0.4, -0.2) is 5.91 Å². The van der Waals surface area contributed by atoms with Gasteiger partial charge in [0.1, 0.15) is 11.1 Å². The van der Waals surface area contributed by atoms with Crippen LogP contribution in [0.3, 0.4) is 0 Å². The fourth-order valence-electron chi connectivity index (χ4n) is 2.03. The van der Waals surface area contributed by atoms with E-state index in [1.165, 1.54) is 11.3 Å². The fraction of sp³-hybridized carbons (Fsp3) is 0.250. The van der Waals surface area contributed by atoms with E-state index in [1.807, 2.05) is 45.0 Å². The lowest BCUT2D eigenvalue weighted by Gasteiger charge is -2.04. The van der Waals surface area contributed by atoms with E-state index in [1.54, 1.807) is 0 Å². The minimum absolute atomic E-state index is 0.0895. The largest absolute Gasteiger partial charge is 0.316 e. The van der Waals surface area contributed by atoms with Gasteiger partial charge in [-0.2, -0.15) is 5.26 Å². The van der Waals surface area contributed by atoms with Crippen molar-refractivity contribution in [2.75, 3.05) is 5.32 Å². The highest BCUT2D eigenvalue weighted by Crippen LogP contribution is 2.31. The highest BCUT2D eigenvalue weighted by molar-refractivity contribution is 7.16. The number of hydrogen-bond donors (Lipinski definition) is 1. The number of amides is 1. The van der Waals surface area contributed by atoms with E-state index in [9.17, 15) is 4.79 Å². The number of benzene rings is 1. The van der Waals surface area contributed by atoms with Crippen LogP contribution in [-0.2, 0) is 11.2 Å². The maximum atomic E-state index is 12.1. The summed E-state index contributed by atoms with van der Waals surface area (Å²) in [6.07, 6.45) is 0.322. The van der Waals surface area contributed by atoms with Crippen LogP contribution < -0.4 is 5.32 Å². The molecule has 20 heavy (non-hydrogen) atoms. The molecule has 0 unspecified atom stereocenters. The van der Waals surface area contributed by atoms with Crippen LogP contribution in [0, 0.1) is 32.1 Å². The van der Waals surface area contributed by atoms with Crippen LogP contribution >= 0.6 is 11.3 Å². The number of carbonyl (C=O) groups is 1. The molecule has 1 aromatic carbocycles. The molecule has 2 rings (SSSR count). The van der Waals surface area contributed by atoms with Crippen LogP contribution in [0.4, 0.5) is 5.00 Å². The Morgan fingerprint density at radius 1 is 1.35 bits per heavy atom. The number of aryl methyl sites for hydroxylation is 2. The van der Waals surface area contributed by atoms with Crippen molar-refractivity contribution in [1.29, 1.82) is 5.26 Å². The zero-order chi connectivity index (χ0) is 14.7. The van der Waals surface area contributed by atoms with Crippen molar-refractivity contribution in [1.82, 2.24) is 0 Å². The lowest BCUT2D eigenvalue weighted by atomic mass is 10.1. The Labute approximate surface area is 122 Å². The molecule has 1 aromatic heterocycles. The Morgan fingerprint density at radius 2 is 2.10 bits per heavy atom. The third kappa shape index (κ3) is 3.06. The number of carbonyl (C=O) groups excluding carboxylic acids is 1. The highest BCUT2D eigenvalue weighted by atomic mass is 32.1. The molecule has 0 saturated carbocycles. The predicted octanol–water partition coefficient (Wildman–Crippen LogP) is 3.73. The molecule has 2 aromatic rings. The Morgan fingerprint density at radius 3 is 2.75 bits per heavy atom. The summed E-state index contributed by atoms with van der Waals surface area (Å²) in [7, 11) is 0. The van der Waals surface area contributed by atoms with Crippen LogP contribution in [0.15, 0.2) is 24.3 Å². The second-order valence-electron chi connectivity index (χ2n) is 4.81. The first-order valence-corrected chi connectivity index (χ1v) is 7.18. The van der Waals surface area contributed by atoms with Crippen LogP contribution in [0.2, 0.25) is 0 Å². The van der Waals surface area contributed by atoms with Crippen molar-refractivity contribution in [2.24, 2.45) is 0 Å². The number of hydrogen-bond acceptors (Lipinski definition) is 3. The number of nitrogens with one attached hydrogen (secondary N) is 1. The fourth-order valence-corrected chi connectivity index (χ4v) is 3.05. The van der Waals surface area contributed by atoms with Gasteiger partial charge in [0.15, 0.2) is 0 Å².